The van der Waals surface area contributed by atoms with Crippen LogP contribution in [0.4, 0.5) is 5.69 Å². The van der Waals surface area contributed by atoms with Gasteiger partial charge in [0.25, 0.3) is 5.91 Å². The number of aliphatic hydroxyl groups is 1. The van der Waals surface area contributed by atoms with Gasteiger partial charge in [0, 0.05) is 25.4 Å². The van der Waals surface area contributed by atoms with Gasteiger partial charge in [0.1, 0.15) is 17.6 Å². The molecule has 2 amide bonds. The number of aliphatic hydroxyl groups excluding tert-OH is 1. The van der Waals surface area contributed by atoms with E-state index in [9.17, 15) is 19.5 Å². The number of ether oxygens (including phenoxy) is 2. The lowest BCUT2D eigenvalue weighted by Crippen LogP contribution is -2.55. The monoisotopic (exact) mass is 502 g/mol. The standard InChI is InChI=1S/C29H30N2O6/c32-16-7-15-31-25-27(34)30(21-12-11-19-8-3-4-9-20(19)18-21)14-6-13-29(25)24(26(31)33)23-22(37-29)10-2-1-5-17-36-28(23)35/h2-4,6,8-13,18,22-25,32H,1,5,7,14-17H2/b10-2-/t22-,23+,24+,25?,29+/m1/s1. The van der Waals surface area contributed by atoms with E-state index in [-0.39, 0.29) is 31.6 Å². The Morgan fingerprint density at radius 2 is 1.86 bits per heavy atom. The van der Waals surface area contributed by atoms with Crippen molar-refractivity contribution in [2.45, 2.75) is 37.0 Å². The maximum Gasteiger partial charge on any atom is 0.312 e. The maximum atomic E-state index is 14.3. The molecule has 8 nitrogen and oxygen atoms in total. The quantitative estimate of drug-likeness (QED) is 0.510. The number of benzene rings is 2. The highest BCUT2D eigenvalue weighted by molar-refractivity contribution is 6.06. The summed E-state index contributed by atoms with van der Waals surface area (Å²) < 4.78 is 12.1. The zero-order valence-electron chi connectivity index (χ0n) is 20.5. The molecule has 0 aliphatic carbocycles. The van der Waals surface area contributed by atoms with Crippen molar-refractivity contribution >= 4 is 34.2 Å². The van der Waals surface area contributed by atoms with Gasteiger partial charge in [-0.05, 0) is 42.2 Å². The van der Waals surface area contributed by atoms with Crippen molar-refractivity contribution in [1.29, 1.82) is 0 Å². The molecule has 4 heterocycles. The topological polar surface area (TPSA) is 96.4 Å². The molecule has 5 atom stereocenters. The Hall–Kier alpha value is -3.49. The summed E-state index contributed by atoms with van der Waals surface area (Å²) >= 11 is 0. The minimum atomic E-state index is -1.30. The molecule has 0 radical (unpaired) electrons. The fourth-order valence-corrected chi connectivity index (χ4v) is 6.31. The molecule has 0 aromatic heterocycles. The number of fused-ring (bicyclic) bond motifs is 3. The number of amides is 2. The lowest BCUT2D eigenvalue weighted by Gasteiger charge is -2.35. The lowest BCUT2D eigenvalue weighted by molar-refractivity contribution is -0.154. The Kier molecular flexibility index (Phi) is 6.09. The molecule has 2 aromatic rings. The van der Waals surface area contributed by atoms with E-state index in [4.69, 9.17) is 9.47 Å². The van der Waals surface area contributed by atoms with Gasteiger partial charge in [0.05, 0.1) is 18.6 Å². The van der Waals surface area contributed by atoms with Crippen LogP contribution in [0.5, 0.6) is 0 Å². The molecule has 2 fully saturated rings. The molecule has 2 saturated heterocycles. The van der Waals surface area contributed by atoms with Crippen LogP contribution in [0.1, 0.15) is 19.3 Å². The molecule has 4 aliphatic heterocycles. The minimum Gasteiger partial charge on any atom is -0.465 e. The molecule has 1 unspecified atom stereocenters. The van der Waals surface area contributed by atoms with Crippen molar-refractivity contribution in [3.05, 3.63) is 66.8 Å². The van der Waals surface area contributed by atoms with E-state index in [1.807, 2.05) is 66.8 Å². The summed E-state index contributed by atoms with van der Waals surface area (Å²) in [4.78, 5) is 44.6. The van der Waals surface area contributed by atoms with Crippen molar-refractivity contribution in [1.82, 2.24) is 4.90 Å². The summed E-state index contributed by atoms with van der Waals surface area (Å²) in [5, 5.41) is 11.6. The predicted octanol–water partition coefficient (Wildman–Crippen LogP) is 2.60. The number of esters is 1. The van der Waals surface area contributed by atoms with Crippen LogP contribution in [0.15, 0.2) is 66.8 Å². The Bertz CT molecular complexity index is 1300. The largest absolute Gasteiger partial charge is 0.465 e. The summed E-state index contributed by atoms with van der Waals surface area (Å²) in [7, 11) is 0. The molecular weight excluding hydrogens is 472 g/mol. The van der Waals surface area contributed by atoms with E-state index in [1.165, 1.54) is 4.90 Å². The first-order valence-electron chi connectivity index (χ1n) is 13.0. The van der Waals surface area contributed by atoms with Crippen molar-refractivity contribution in [2.24, 2.45) is 11.8 Å². The third-order valence-corrected chi connectivity index (χ3v) is 7.95. The number of hydrogen-bond donors (Lipinski definition) is 1. The van der Waals surface area contributed by atoms with Gasteiger partial charge in [-0.2, -0.15) is 0 Å². The van der Waals surface area contributed by atoms with Gasteiger partial charge in [0.2, 0.25) is 5.91 Å². The van der Waals surface area contributed by atoms with Gasteiger partial charge < -0.3 is 24.4 Å². The molecule has 0 saturated carbocycles. The fourth-order valence-electron chi connectivity index (χ4n) is 6.31. The smallest absolute Gasteiger partial charge is 0.312 e. The lowest BCUT2D eigenvalue weighted by atomic mass is 9.78. The number of likely N-dealkylation sites (tertiary alicyclic amines) is 1. The van der Waals surface area contributed by atoms with E-state index in [0.717, 1.165) is 22.9 Å². The van der Waals surface area contributed by atoms with Crippen molar-refractivity contribution in [3.8, 4) is 0 Å². The number of anilines is 1. The van der Waals surface area contributed by atoms with Gasteiger partial charge in [0.15, 0.2) is 0 Å². The van der Waals surface area contributed by atoms with E-state index < -0.39 is 35.6 Å². The number of rotatable bonds is 4. The van der Waals surface area contributed by atoms with Crippen LogP contribution in [-0.4, -0.2) is 71.8 Å². The number of cyclic esters (lactones) is 1. The molecule has 6 rings (SSSR count). The van der Waals surface area contributed by atoms with E-state index >= 15 is 0 Å². The zero-order chi connectivity index (χ0) is 25.6. The second-order valence-electron chi connectivity index (χ2n) is 10.1. The Labute approximate surface area is 215 Å². The maximum absolute atomic E-state index is 14.3. The Balaban J connectivity index is 1.44. The van der Waals surface area contributed by atoms with E-state index in [2.05, 4.69) is 0 Å². The number of hydrogen-bond acceptors (Lipinski definition) is 6. The molecule has 4 aliphatic rings. The first kappa shape index (κ1) is 23.9. The molecule has 0 bridgehead atoms. The summed E-state index contributed by atoms with van der Waals surface area (Å²) in [5.41, 5.74) is -0.573. The van der Waals surface area contributed by atoms with Gasteiger partial charge in [-0.1, -0.05) is 54.6 Å². The second kappa shape index (κ2) is 9.43. The Morgan fingerprint density at radius 3 is 2.70 bits per heavy atom. The molecule has 37 heavy (non-hydrogen) atoms. The molecular formula is C29H30N2O6. The normalized spacial score (nSPS) is 32.2. The van der Waals surface area contributed by atoms with Crippen LogP contribution in [0.3, 0.4) is 0 Å². The summed E-state index contributed by atoms with van der Waals surface area (Å²) in [6.45, 7) is 0.658. The predicted molar refractivity (Wildman–Crippen MR) is 137 cm³/mol. The zero-order valence-corrected chi connectivity index (χ0v) is 20.5. The summed E-state index contributed by atoms with van der Waals surface area (Å²) in [6, 6.07) is 12.8. The fraction of sp³-hybridized carbons (Fsp3) is 0.414. The second-order valence-corrected chi connectivity index (χ2v) is 10.1. The van der Waals surface area contributed by atoms with E-state index in [1.54, 1.807) is 4.90 Å². The number of nitrogens with zero attached hydrogens (tertiary/aromatic N) is 2. The van der Waals surface area contributed by atoms with Gasteiger partial charge >= 0.3 is 5.97 Å². The number of carbonyl (C=O) groups excluding carboxylic acids is 3. The average molecular weight is 503 g/mol. The van der Waals surface area contributed by atoms with Crippen molar-refractivity contribution < 1.29 is 29.0 Å². The number of allylic oxidation sites excluding steroid dienone is 1. The highest BCUT2D eigenvalue weighted by Crippen LogP contribution is 2.53. The van der Waals surface area contributed by atoms with Crippen LogP contribution in [0.25, 0.3) is 10.8 Å². The van der Waals surface area contributed by atoms with Crippen LogP contribution in [0, 0.1) is 11.8 Å². The molecule has 8 heteroatoms. The molecule has 1 N–H and O–H groups in total. The first-order valence-corrected chi connectivity index (χ1v) is 13.0. The summed E-state index contributed by atoms with van der Waals surface area (Å²) in [5.74, 6) is -2.76. The SMILES string of the molecule is O=C1OCCC/C=C\[C@H]2O[C@]34C=CCN(c5ccc6ccccc6c5)C(=O)C3N(CCCO)C(=O)[C@@H]4[C@@H]12. The van der Waals surface area contributed by atoms with E-state index in [0.29, 0.717) is 19.4 Å². The molecule has 2 aromatic carbocycles. The summed E-state index contributed by atoms with van der Waals surface area (Å²) in [6.07, 6.45) is 8.59. The van der Waals surface area contributed by atoms with Gasteiger partial charge in [-0.3, -0.25) is 14.4 Å². The first-order chi connectivity index (χ1) is 18.0. The minimum absolute atomic E-state index is 0.121. The Morgan fingerprint density at radius 1 is 1.03 bits per heavy atom. The van der Waals surface area contributed by atoms with Crippen LogP contribution >= 0.6 is 0 Å². The van der Waals surface area contributed by atoms with Crippen LogP contribution in [-0.2, 0) is 23.9 Å². The van der Waals surface area contributed by atoms with Crippen LogP contribution in [0.2, 0.25) is 0 Å². The van der Waals surface area contributed by atoms with Crippen molar-refractivity contribution in [2.75, 3.05) is 31.2 Å². The van der Waals surface area contributed by atoms with Gasteiger partial charge in [-0.15, -0.1) is 0 Å². The molecule has 192 valence electrons. The van der Waals surface area contributed by atoms with Gasteiger partial charge in [-0.25, -0.2) is 0 Å². The third-order valence-electron chi connectivity index (χ3n) is 7.95. The third kappa shape index (κ3) is 3.78. The highest BCUT2D eigenvalue weighted by Gasteiger charge is 2.71. The van der Waals surface area contributed by atoms with Crippen LogP contribution < -0.4 is 4.90 Å². The number of carbonyl (C=O) groups is 3. The molecule has 1 spiro atoms. The van der Waals surface area contributed by atoms with Crippen molar-refractivity contribution in [3.63, 3.8) is 0 Å². The average Bonchev–Trinajstić information content (AvgIpc) is 3.31. The highest BCUT2D eigenvalue weighted by atomic mass is 16.6.